The Balaban J connectivity index is 0.00000243. The van der Waals surface area contributed by atoms with E-state index >= 15 is 0 Å². The van der Waals surface area contributed by atoms with Crippen LogP contribution >= 0.6 is 11.8 Å². The molecular formula is C18H18N3NaO3S. The van der Waals surface area contributed by atoms with Gasteiger partial charge in [-0.25, -0.2) is 9.98 Å². The number of aromatic nitrogens is 1. The van der Waals surface area contributed by atoms with Gasteiger partial charge in [-0.05, 0) is 36.2 Å². The molecular weight excluding hydrogens is 361 g/mol. The number of thioether (sulfide) groups is 1. The van der Waals surface area contributed by atoms with Gasteiger partial charge >= 0.3 is 29.6 Å². The number of amides is 1. The zero-order valence-electron chi connectivity index (χ0n) is 14.8. The molecule has 26 heavy (non-hydrogen) atoms. The monoisotopic (exact) mass is 379 g/mol. The molecule has 0 spiro atoms. The Morgan fingerprint density at radius 1 is 1.23 bits per heavy atom. The van der Waals surface area contributed by atoms with Crippen molar-refractivity contribution >= 4 is 28.7 Å². The van der Waals surface area contributed by atoms with Crippen molar-refractivity contribution in [3.05, 3.63) is 54.2 Å². The molecule has 8 heteroatoms. The van der Waals surface area contributed by atoms with Crippen molar-refractivity contribution in [3.8, 4) is 5.75 Å². The van der Waals surface area contributed by atoms with Crippen molar-refractivity contribution in [2.75, 3.05) is 25.1 Å². The molecule has 0 bridgehead atoms. The molecule has 1 aromatic heterocycles. The molecule has 0 fully saturated rings. The van der Waals surface area contributed by atoms with Gasteiger partial charge in [-0.15, -0.1) is 11.8 Å². The summed E-state index contributed by atoms with van der Waals surface area (Å²) < 4.78 is 5.75. The molecule has 0 aliphatic carbocycles. The molecule has 0 saturated carbocycles. The van der Waals surface area contributed by atoms with Crippen LogP contribution in [0.25, 0.3) is 0 Å². The van der Waals surface area contributed by atoms with Gasteiger partial charge in [-0.3, -0.25) is 4.79 Å². The predicted molar refractivity (Wildman–Crippen MR) is 97.0 cm³/mol. The third-order valence-electron chi connectivity index (χ3n) is 3.80. The van der Waals surface area contributed by atoms with Crippen molar-refractivity contribution < 1.29 is 44.2 Å². The number of hydrogen-bond acceptors (Lipinski definition) is 6. The van der Waals surface area contributed by atoms with E-state index < -0.39 is 10.5 Å². The fraction of sp³-hybridized carbons (Fsp3) is 0.278. The van der Waals surface area contributed by atoms with Crippen LogP contribution in [0, 0.1) is 0 Å². The van der Waals surface area contributed by atoms with Crippen LogP contribution in [0.15, 0.2) is 53.7 Å². The quantitative estimate of drug-likeness (QED) is 0.545. The Bertz CT molecular complexity index is 756. The van der Waals surface area contributed by atoms with E-state index in [1.807, 2.05) is 54.4 Å². The molecule has 1 aliphatic rings. The van der Waals surface area contributed by atoms with Gasteiger partial charge in [0.05, 0.1) is 11.8 Å². The molecule has 0 radical (unpaired) electrons. The second kappa shape index (κ2) is 9.97. The molecule has 1 aliphatic heterocycles. The molecule has 1 aromatic carbocycles. The molecule has 0 saturated heterocycles. The van der Waals surface area contributed by atoms with E-state index in [0.717, 1.165) is 35.4 Å². The standard InChI is InChI=1S/C18H19N3O3S.Na/c1-21(16-4-2-3-9-19-16)10-11-24-14-7-5-13(6-8-14)12-15-17(22)20-18(23)25-15;/h2-9,15H,10-12H2,1H3,(H,20,22,23);/q;+1/p-1. The topological polar surface area (TPSA) is 77.9 Å². The molecule has 0 N–H and O–H groups in total. The number of rotatable bonds is 7. The van der Waals surface area contributed by atoms with Gasteiger partial charge in [-0.2, -0.15) is 0 Å². The summed E-state index contributed by atoms with van der Waals surface area (Å²) in [6, 6.07) is 13.4. The number of carbonyl (C=O) groups is 1. The van der Waals surface area contributed by atoms with Crippen molar-refractivity contribution in [2.45, 2.75) is 11.7 Å². The molecule has 1 atom stereocenters. The minimum atomic E-state index is -0.397. The Morgan fingerprint density at radius 2 is 2.00 bits per heavy atom. The largest absolute Gasteiger partial charge is 1.00 e. The van der Waals surface area contributed by atoms with Crippen molar-refractivity contribution in [1.82, 2.24) is 4.98 Å². The number of likely N-dealkylation sites (N-methyl/N-ethyl adjacent to an activating group) is 1. The first-order chi connectivity index (χ1) is 12.1. The molecule has 2 aromatic rings. The average Bonchev–Trinajstić information content (AvgIpc) is 2.94. The summed E-state index contributed by atoms with van der Waals surface area (Å²) in [7, 11) is 1.97. The smallest absolute Gasteiger partial charge is 0.854 e. The number of anilines is 1. The van der Waals surface area contributed by atoms with Crippen LogP contribution in [0.3, 0.4) is 0 Å². The van der Waals surface area contributed by atoms with E-state index in [0.29, 0.717) is 13.0 Å². The first kappa shape index (κ1) is 20.8. The first-order valence-corrected chi connectivity index (χ1v) is 8.80. The molecule has 1 amide bonds. The summed E-state index contributed by atoms with van der Waals surface area (Å²) in [5.74, 6) is 1.33. The summed E-state index contributed by atoms with van der Waals surface area (Å²) in [6.45, 7) is 1.26. The summed E-state index contributed by atoms with van der Waals surface area (Å²) in [6.07, 6.45) is 2.26. The zero-order chi connectivity index (χ0) is 17.6. The minimum absolute atomic E-state index is 0. The van der Waals surface area contributed by atoms with Crippen molar-refractivity contribution in [2.24, 2.45) is 4.99 Å². The van der Waals surface area contributed by atoms with Gasteiger partial charge in [-0.1, -0.05) is 18.2 Å². The second-order valence-electron chi connectivity index (χ2n) is 5.63. The number of nitrogens with zero attached hydrogens (tertiary/aromatic N) is 3. The van der Waals surface area contributed by atoms with Gasteiger partial charge < -0.3 is 14.7 Å². The van der Waals surface area contributed by atoms with E-state index in [2.05, 4.69) is 9.98 Å². The third-order valence-corrected chi connectivity index (χ3v) is 4.75. The second-order valence-corrected chi connectivity index (χ2v) is 6.78. The molecule has 2 heterocycles. The number of ether oxygens (including phenoxy) is 1. The van der Waals surface area contributed by atoms with Crippen LogP contribution in [0.1, 0.15) is 5.56 Å². The molecule has 130 valence electrons. The average molecular weight is 379 g/mol. The summed E-state index contributed by atoms with van der Waals surface area (Å²) in [4.78, 5) is 21.3. The van der Waals surface area contributed by atoms with Gasteiger partial charge in [0, 0.05) is 18.5 Å². The number of benzene rings is 1. The number of hydrogen-bond donors (Lipinski definition) is 0. The van der Waals surface area contributed by atoms with E-state index in [-0.39, 0.29) is 35.5 Å². The summed E-state index contributed by atoms with van der Waals surface area (Å²) in [5.41, 5.74) is 0.980. The maximum Gasteiger partial charge on any atom is 1.00 e. The van der Waals surface area contributed by atoms with Gasteiger partial charge in [0.2, 0.25) is 0 Å². The SMILES string of the molecule is CN(CCOc1ccc(CC2SC([O-])=NC2=O)cc1)c1ccccn1.[Na+]. The van der Waals surface area contributed by atoms with Crippen LogP contribution in [-0.4, -0.2) is 41.6 Å². The Morgan fingerprint density at radius 3 is 2.62 bits per heavy atom. The van der Waals surface area contributed by atoms with Crippen LogP contribution in [-0.2, 0) is 11.2 Å². The summed E-state index contributed by atoms with van der Waals surface area (Å²) >= 11 is 0.990. The van der Waals surface area contributed by atoms with Crippen molar-refractivity contribution in [1.29, 1.82) is 0 Å². The molecule has 3 rings (SSSR count). The maximum atomic E-state index is 11.5. The Hall–Kier alpha value is -1.54. The minimum Gasteiger partial charge on any atom is -0.854 e. The Kier molecular flexibility index (Phi) is 7.96. The Labute approximate surface area is 179 Å². The normalized spacial score (nSPS) is 16.0. The summed E-state index contributed by atoms with van der Waals surface area (Å²) in [5, 5.41) is 10.3. The number of pyridine rings is 1. The van der Waals surface area contributed by atoms with E-state index in [9.17, 15) is 9.90 Å². The number of aliphatic imine (C=N–C) groups is 1. The maximum absolute atomic E-state index is 11.5. The predicted octanol–water partition coefficient (Wildman–Crippen LogP) is -1.50. The third kappa shape index (κ3) is 5.74. The van der Waals surface area contributed by atoms with Crippen molar-refractivity contribution in [3.63, 3.8) is 0 Å². The van der Waals surface area contributed by atoms with E-state index in [4.69, 9.17) is 4.74 Å². The van der Waals surface area contributed by atoms with Crippen LogP contribution in [0.5, 0.6) is 5.75 Å². The molecule has 1 unspecified atom stereocenters. The fourth-order valence-electron chi connectivity index (χ4n) is 2.42. The van der Waals surface area contributed by atoms with Gasteiger partial charge in [0.1, 0.15) is 18.2 Å². The van der Waals surface area contributed by atoms with Crippen LogP contribution in [0.4, 0.5) is 5.82 Å². The molecule has 6 nitrogen and oxygen atoms in total. The van der Waals surface area contributed by atoms with Gasteiger partial charge in [0.15, 0.2) is 0 Å². The van der Waals surface area contributed by atoms with E-state index in [1.54, 1.807) is 6.20 Å². The van der Waals surface area contributed by atoms with Gasteiger partial charge in [0.25, 0.3) is 5.91 Å². The fourth-order valence-corrected chi connectivity index (χ4v) is 3.24. The van der Waals surface area contributed by atoms with Crippen LogP contribution in [0.2, 0.25) is 0 Å². The first-order valence-electron chi connectivity index (χ1n) is 7.92. The van der Waals surface area contributed by atoms with E-state index in [1.165, 1.54) is 0 Å². The zero-order valence-corrected chi connectivity index (χ0v) is 17.6. The number of carbonyl (C=O) groups excluding carboxylic acids is 1. The van der Waals surface area contributed by atoms with Crippen LogP contribution < -0.4 is 44.3 Å².